The lowest BCUT2D eigenvalue weighted by Gasteiger charge is -2.31. The highest BCUT2D eigenvalue weighted by atomic mass is 79.9. The maximum atomic E-state index is 12.9. The van der Waals surface area contributed by atoms with Crippen LogP contribution in [0.5, 0.6) is 0 Å². The molecule has 2 aromatic rings. The van der Waals surface area contributed by atoms with Crippen LogP contribution in [0.2, 0.25) is 0 Å². The van der Waals surface area contributed by atoms with Gasteiger partial charge in [0.15, 0.2) is 0 Å². The molecule has 0 aliphatic heterocycles. The Hall–Kier alpha value is -1.36. The minimum absolute atomic E-state index is 0.0741. The smallest absolute Gasteiger partial charge is 0.272 e. The van der Waals surface area contributed by atoms with Crippen molar-refractivity contribution in [3.05, 3.63) is 34.2 Å². The molecule has 0 unspecified atom stereocenters. The predicted molar refractivity (Wildman–Crippen MR) is 86.6 cm³/mol. The van der Waals surface area contributed by atoms with Crippen LogP contribution in [0.3, 0.4) is 0 Å². The van der Waals surface area contributed by atoms with Gasteiger partial charge in [-0.05, 0) is 47.8 Å². The minimum atomic E-state index is 0.0741. The van der Waals surface area contributed by atoms with Crippen LogP contribution in [-0.4, -0.2) is 33.3 Å². The van der Waals surface area contributed by atoms with E-state index in [1.54, 1.807) is 0 Å². The number of aryl methyl sites for hydroxylation is 1. The number of amides is 1. The Morgan fingerprint density at radius 1 is 1.33 bits per heavy atom. The molecule has 0 bridgehead atoms. The summed E-state index contributed by atoms with van der Waals surface area (Å²) in [7, 11) is 1.93. The zero-order valence-electron chi connectivity index (χ0n) is 12.5. The molecule has 1 fully saturated rings. The molecule has 1 amide bonds. The lowest BCUT2D eigenvalue weighted by molar-refractivity contribution is 0.0688. The Morgan fingerprint density at radius 3 is 2.76 bits per heavy atom. The van der Waals surface area contributed by atoms with Crippen molar-refractivity contribution in [3.8, 4) is 0 Å². The van der Waals surface area contributed by atoms with Crippen LogP contribution in [0.4, 0.5) is 0 Å². The third kappa shape index (κ3) is 2.71. The molecule has 1 aliphatic rings. The minimum Gasteiger partial charge on any atom is -0.337 e. The van der Waals surface area contributed by atoms with Gasteiger partial charge in [0.2, 0.25) is 0 Å². The van der Waals surface area contributed by atoms with Gasteiger partial charge in [0.25, 0.3) is 5.91 Å². The van der Waals surface area contributed by atoms with E-state index in [0.29, 0.717) is 11.7 Å². The first kappa shape index (κ1) is 14.6. The molecule has 4 nitrogen and oxygen atoms in total. The summed E-state index contributed by atoms with van der Waals surface area (Å²) in [6, 6.07) is 4.23. The molecule has 1 saturated carbocycles. The van der Waals surface area contributed by atoms with Gasteiger partial charge in [-0.1, -0.05) is 19.3 Å². The Labute approximate surface area is 133 Å². The summed E-state index contributed by atoms with van der Waals surface area (Å²) in [5, 5.41) is 0. The van der Waals surface area contributed by atoms with Gasteiger partial charge in [-0.15, -0.1) is 0 Å². The second-order valence-electron chi connectivity index (χ2n) is 5.83. The summed E-state index contributed by atoms with van der Waals surface area (Å²) >= 11 is 3.47. The zero-order chi connectivity index (χ0) is 15.0. The summed E-state index contributed by atoms with van der Waals surface area (Å²) in [4.78, 5) is 19.3. The number of fused-ring (bicyclic) bond motifs is 1. The normalized spacial score (nSPS) is 16.3. The van der Waals surface area contributed by atoms with E-state index in [2.05, 4.69) is 20.9 Å². The number of pyridine rings is 1. The van der Waals surface area contributed by atoms with E-state index in [-0.39, 0.29) is 5.91 Å². The van der Waals surface area contributed by atoms with Crippen molar-refractivity contribution >= 4 is 27.5 Å². The molecule has 0 spiro atoms. The van der Waals surface area contributed by atoms with Crippen LogP contribution < -0.4 is 0 Å². The number of carbonyl (C=O) groups excluding carboxylic acids is 1. The molecule has 2 aromatic heterocycles. The van der Waals surface area contributed by atoms with Crippen molar-refractivity contribution in [2.24, 2.45) is 0 Å². The monoisotopic (exact) mass is 349 g/mol. The molecular formula is C16H20BrN3O. The fourth-order valence-electron chi connectivity index (χ4n) is 3.20. The number of imidazole rings is 1. The molecule has 21 heavy (non-hydrogen) atoms. The van der Waals surface area contributed by atoms with Gasteiger partial charge in [-0.3, -0.25) is 9.20 Å². The van der Waals surface area contributed by atoms with Gasteiger partial charge in [0.05, 0.1) is 5.69 Å². The molecule has 2 heterocycles. The van der Waals surface area contributed by atoms with Gasteiger partial charge in [-0.2, -0.15) is 0 Å². The maximum absolute atomic E-state index is 12.9. The second-order valence-corrected chi connectivity index (χ2v) is 6.74. The molecule has 112 valence electrons. The average molecular weight is 350 g/mol. The highest BCUT2D eigenvalue weighted by Crippen LogP contribution is 2.24. The molecule has 0 N–H and O–H groups in total. The molecular weight excluding hydrogens is 330 g/mol. The van der Waals surface area contributed by atoms with Gasteiger partial charge < -0.3 is 4.90 Å². The lowest BCUT2D eigenvalue weighted by atomic mass is 9.94. The molecule has 5 heteroatoms. The van der Waals surface area contributed by atoms with E-state index in [4.69, 9.17) is 0 Å². The van der Waals surface area contributed by atoms with Crippen molar-refractivity contribution in [1.29, 1.82) is 0 Å². The van der Waals surface area contributed by atoms with E-state index in [1.165, 1.54) is 19.3 Å². The third-order valence-electron chi connectivity index (χ3n) is 4.40. The second kappa shape index (κ2) is 5.79. The molecule has 0 aromatic carbocycles. The summed E-state index contributed by atoms with van der Waals surface area (Å²) in [6.07, 6.45) is 7.88. The summed E-state index contributed by atoms with van der Waals surface area (Å²) in [5.74, 6) is 0.0741. The van der Waals surface area contributed by atoms with Crippen molar-refractivity contribution in [3.63, 3.8) is 0 Å². The van der Waals surface area contributed by atoms with Crippen molar-refractivity contribution < 1.29 is 4.79 Å². The lowest BCUT2D eigenvalue weighted by Crippen LogP contribution is -2.39. The van der Waals surface area contributed by atoms with Crippen molar-refractivity contribution in [2.75, 3.05) is 7.05 Å². The Kier molecular flexibility index (Phi) is 4.02. The summed E-state index contributed by atoms with van der Waals surface area (Å²) in [5.41, 5.74) is 2.29. The Bertz CT molecular complexity index is 673. The quantitative estimate of drug-likeness (QED) is 0.826. The number of rotatable bonds is 2. The standard InChI is InChI=1S/C16H20BrN3O/c1-11-15(20-10-12(17)8-9-14(20)18-11)16(21)19(2)13-6-4-3-5-7-13/h8-10,13H,3-7H2,1-2H3. The first-order chi connectivity index (χ1) is 10.1. The van der Waals surface area contributed by atoms with E-state index < -0.39 is 0 Å². The van der Waals surface area contributed by atoms with Crippen LogP contribution >= 0.6 is 15.9 Å². The summed E-state index contributed by atoms with van der Waals surface area (Å²) < 4.78 is 2.84. The number of hydrogen-bond acceptors (Lipinski definition) is 2. The zero-order valence-corrected chi connectivity index (χ0v) is 14.1. The van der Waals surface area contributed by atoms with Crippen LogP contribution in [-0.2, 0) is 0 Å². The third-order valence-corrected chi connectivity index (χ3v) is 4.87. The largest absolute Gasteiger partial charge is 0.337 e. The number of hydrogen-bond donors (Lipinski definition) is 0. The number of aromatic nitrogens is 2. The Balaban J connectivity index is 1.96. The van der Waals surface area contributed by atoms with Gasteiger partial charge in [0, 0.05) is 23.8 Å². The summed E-state index contributed by atoms with van der Waals surface area (Å²) in [6.45, 7) is 1.91. The fourth-order valence-corrected chi connectivity index (χ4v) is 3.53. The molecule has 3 rings (SSSR count). The number of nitrogens with zero attached hydrogens (tertiary/aromatic N) is 3. The SMILES string of the molecule is Cc1nc2ccc(Br)cn2c1C(=O)N(C)C1CCCCC1. The van der Waals surface area contributed by atoms with Crippen molar-refractivity contribution in [1.82, 2.24) is 14.3 Å². The van der Waals surface area contributed by atoms with Crippen LogP contribution in [0.1, 0.15) is 48.3 Å². The number of carbonyl (C=O) groups is 1. The number of halogens is 1. The topological polar surface area (TPSA) is 37.6 Å². The van der Waals surface area contributed by atoms with E-state index in [1.807, 2.05) is 41.6 Å². The first-order valence-electron chi connectivity index (χ1n) is 7.49. The van der Waals surface area contributed by atoms with Crippen molar-refractivity contribution in [2.45, 2.75) is 45.1 Å². The van der Waals surface area contributed by atoms with E-state index in [0.717, 1.165) is 28.7 Å². The molecule has 1 aliphatic carbocycles. The van der Waals surface area contributed by atoms with Crippen LogP contribution in [0.15, 0.2) is 22.8 Å². The van der Waals surface area contributed by atoms with Crippen LogP contribution in [0, 0.1) is 6.92 Å². The van der Waals surface area contributed by atoms with Crippen LogP contribution in [0.25, 0.3) is 5.65 Å². The fraction of sp³-hybridized carbons (Fsp3) is 0.500. The predicted octanol–water partition coefficient (Wildman–Crippen LogP) is 3.81. The van der Waals surface area contributed by atoms with E-state index >= 15 is 0 Å². The van der Waals surface area contributed by atoms with E-state index in [9.17, 15) is 4.79 Å². The molecule has 0 saturated heterocycles. The van der Waals surface area contributed by atoms with Gasteiger partial charge >= 0.3 is 0 Å². The first-order valence-corrected chi connectivity index (χ1v) is 8.28. The highest BCUT2D eigenvalue weighted by molar-refractivity contribution is 9.10. The maximum Gasteiger partial charge on any atom is 0.272 e. The molecule has 0 radical (unpaired) electrons. The molecule has 0 atom stereocenters. The highest BCUT2D eigenvalue weighted by Gasteiger charge is 2.26. The van der Waals surface area contributed by atoms with Gasteiger partial charge in [-0.25, -0.2) is 4.98 Å². The average Bonchev–Trinajstić information content (AvgIpc) is 2.82. The van der Waals surface area contributed by atoms with Gasteiger partial charge in [0.1, 0.15) is 11.3 Å². The Morgan fingerprint density at radius 2 is 2.05 bits per heavy atom.